The van der Waals surface area contributed by atoms with Crippen LogP contribution >= 0.6 is 11.6 Å². The van der Waals surface area contributed by atoms with Gasteiger partial charge in [-0.3, -0.25) is 0 Å². The molecule has 2 fully saturated rings. The molecule has 1 N–H and O–H groups in total. The molecule has 0 aliphatic heterocycles. The van der Waals surface area contributed by atoms with Gasteiger partial charge in [0.05, 0.1) is 0 Å². The van der Waals surface area contributed by atoms with Crippen molar-refractivity contribution in [3.63, 3.8) is 0 Å². The van der Waals surface area contributed by atoms with Crippen LogP contribution < -0.4 is 0 Å². The molecule has 0 saturated heterocycles. The minimum absolute atomic E-state index is 0.126. The molecule has 0 aromatic carbocycles. The monoisotopic (exact) mass is 212 g/mol. The van der Waals surface area contributed by atoms with Gasteiger partial charge < -0.3 is 5.11 Å². The lowest BCUT2D eigenvalue weighted by Crippen LogP contribution is -2.43. The van der Waals surface area contributed by atoms with Crippen LogP contribution in [0.4, 0.5) is 0 Å². The first kappa shape index (κ1) is 10.3. The summed E-state index contributed by atoms with van der Waals surface area (Å²) in [7, 11) is 0. The van der Waals surface area contributed by atoms with Gasteiger partial charge in [-0.25, -0.2) is 0 Å². The minimum Gasteiger partial charge on any atom is -0.380 e. The predicted octanol–water partition coefficient (Wildman–Crippen LogP) is 2.27. The summed E-state index contributed by atoms with van der Waals surface area (Å²) in [6.07, 6.45) is 8.42. The van der Waals surface area contributed by atoms with E-state index in [1.165, 1.54) is 19.3 Å². The van der Waals surface area contributed by atoms with Crippen molar-refractivity contribution in [3.8, 4) is 12.3 Å². The molecule has 1 nitrogen and oxygen atoms in total. The molecule has 0 aromatic heterocycles. The van der Waals surface area contributed by atoms with E-state index in [-0.39, 0.29) is 5.41 Å². The second-order valence-corrected chi connectivity index (χ2v) is 5.27. The van der Waals surface area contributed by atoms with E-state index in [1.807, 2.05) is 0 Å². The second kappa shape index (κ2) is 3.43. The van der Waals surface area contributed by atoms with Crippen LogP contribution in [0.2, 0.25) is 0 Å². The smallest absolute Gasteiger partial charge is 0.120 e. The van der Waals surface area contributed by atoms with Crippen molar-refractivity contribution in [1.82, 2.24) is 0 Å². The number of fused-ring (bicyclic) bond motifs is 2. The fraction of sp³-hybridized carbons (Fsp3) is 0.833. The van der Waals surface area contributed by atoms with E-state index in [4.69, 9.17) is 18.0 Å². The molecule has 5 atom stereocenters. The van der Waals surface area contributed by atoms with Crippen molar-refractivity contribution in [1.29, 1.82) is 0 Å². The Morgan fingerprint density at radius 3 is 2.93 bits per heavy atom. The summed E-state index contributed by atoms with van der Waals surface area (Å²) in [4.78, 5) is 0. The van der Waals surface area contributed by atoms with Crippen LogP contribution in [0.5, 0.6) is 0 Å². The highest BCUT2D eigenvalue weighted by molar-refractivity contribution is 6.18. The summed E-state index contributed by atoms with van der Waals surface area (Å²) in [5, 5.41) is 9.95. The van der Waals surface area contributed by atoms with Crippen LogP contribution in [-0.2, 0) is 0 Å². The Morgan fingerprint density at radius 1 is 1.64 bits per heavy atom. The molecule has 2 aliphatic carbocycles. The molecule has 5 unspecified atom stereocenters. The Balaban J connectivity index is 2.29. The molecule has 2 rings (SSSR count). The molecule has 2 heteroatoms. The van der Waals surface area contributed by atoms with Crippen LogP contribution in [0.15, 0.2) is 0 Å². The molecule has 2 saturated carbocycles. The molecule has 0 spiro atoms. The fourth-order valence-corrected chi connectivity index (χ4v) is 4.24. The van der Waals surface area contributed by atoms with Gasteiger partial charge in [0, 0.05) is 11.3 Å². The first-order chi connectivity index (χ1) is 6.64. The average molecular weight is 213 g/mol. The summed E-state index contributed by atoms with van der Waals surface area (Å²) in [5.41, 5.74) is -0.126. The standard InChI is InChI=1S/C12H17ClO/c1-3-11(14)12(2)9-5-4-8(6-9)10(12)7-13/h1,8-11,14H,4-7H2,2H3. The quantitative estimate of drug-likeness (QED) is 0.550. The SMILES string of the molecule is C#CC(O)C1(C)C2CCC(C2)C1CCl. The highest BCUT2D eigenvalue weighted by atomic mass is 35.5. The third-order valence-electron chi connectivity index (χ3n) is 4.63. The number of aliphatic hydroxyl groups is 1. The van der Waals surface area contributed by atoms with Crippen molar-refractivity contribution in [3.05, 3.63) is 0 Å². The largest absolute Gasteiger partial charge is 0.380 e. The van der Waals surface area contributed by atoms with E-state index in [0.717, 1.165) is 0 Å². The number of rotatable bonds is 2. The minimum atomic E-state index is -0.624. The molecule has 0 amide bonds. The van der Waals surface area contributed by atoms with Gasteiger partial charge in [-0.05, 0) is 37.0 Å². The summed E-state index contributed by atoms with van der Waals surface area (Å²) < 4.78 is 0. The van der Waals surface area contributed by atoms with Gasteiger partial charge in [-0.2, -0.15) is 0 Å². The van der Waals surface area contributed by atoms with Gasteiger partial charge >= 0.3 is 0 Å². The normalized spacial score (nSPS) is 47.7. The number of hydrogen-bond acceptors (Lipinski definition) is 1. The molecular weight excluding hydrogens is 196 g/mol. The third kappa shape index (κ3) is 1.14. The second-order valence-electron chi connectivity index (χ2n) is 4.97. The maximum absolute atomic E-state index is 9.95. The van der Waals surface area contributed by atoms with Gasteiger partial charge in [0.1, 0.15) is 6.10 Å². The first-order valence-electron chi connectivity index (χ1n) is 5.34. The molecule has 0 radical (unpaired) electrons. The molecule has 2 bridgehead atoms. The highest BCUT2D eigenvalue weighted by Crippen LogP contribution is 2.61. The van der Waals surface area contributed by atoms with Crippen molar-refractivity contribution >= 4 is 11.6 Å². The summed E-state index contributed by atoms with van der Waals surface area (Å²) in [6.45, 7) is 2.12. The maximum atomic E-state index is 9.95. The number of aliphatic hydroxyl groups excluding tert-OH is 1. The zero-order valence-electron chi connectivity index (χ0n) is 8.54. The van der Waals surface area contributed by atoms with Gasteiger partial charge in [0.15, 0.2) is 0 Å². The van der Waals surface area contributed by atoms with Crippen molar-refractivity contribution in [2.24, 2.45) is 23.2 Å². The van der Waals surface area contributed by atoms with Crippen LogP contribution in [-0.4, -0.2) is 17.1 Å². The number of halogens is 1. The van der Waals surface area contributed by atoms with Crippen molar-refractivity contribution < 1.29 is 5.11 Å². The average Bonchev–Trinajstić information content (AvgIpc) is 2.75. The number of hydrogen-bond donors (Lipinski definition) is 1. The van der Waals surface area contributed by atoms with Crippen LogP contribution in [0.25, 0.3) is 0 Å². The Morgan fingerprint density at radius 2 is 2.36 bits per heavy atom. The third-order valence-corrected chi connectivity index (χ3v) is 4.97. The number of alkyl halides is 1. The fourth-order valence-electron chi connectivity index (χ4n) is 3.66. The molecule has 0 heterocycles. The summed E-state index contributed by atoms with van der Waals surface area (Å²) >= 11 is 6.01. The Hall–Kier alpha value is -0.190. The zero-order chi connectivity index (χ0) is 10.3. The molecule has 78 valence electrons. The number of terminal acetylenes is 1. The Labute approximate surface area is 90.8 Å². The van der Waals surface area contributed by atoms with Gasteiger partial charge in [-0.1, -0.05) is 12.8 Å². The lowest BCUT2D eigenvalue weighted by Gasteiger charge is -2.42. The highest BCUT2D eigenvalue weighted by Gasteiger charge is 2.57. The zero-order valence-corrected chi connectivity index (χ0v) is 9.30. The molecule has 14 heavy (non-hydrogen) atoms. The van der Waals surface area contributed by atoms with E-state index >= 15 is 0 Å². The molecule has 2 aliphatic rings. The van der Waals surface area contributed by atoms with E-state index < -0.39 is 6.10 Å². The Bertz CT molecular complexity index is 270. The lowest BCUT2D eigenvalue weighted by molar-refractivity contribution is -0.00267. The van der Waals surface area contributed by atoms with Crippen LogP contribution in [0, 0.1) is 35.5 Å². The molecule has 0 aromatic rings. The van der Waals surface area contributed by atoms with Crippen molar-refractivity contribution in [2.45, 2.75) is 32.3 Å². The Kier molecular flexibility index (Phi) is 2.53. The van der Waals surface area contributed by atoms with E-state index in [1.54, 1.807) is 0 Å². The lowest BCUT2D eigenvalue weighted by atomic mass is 9.65. The van der Waals surface area contributed by atoms with E-state index in [0.29, 0.717) is 23.6 Å². The van der Waals surface area contributed by atoms with E-state index in [9.17, 15) is 5.11 Å². The first-order valence-corrected chi connectivity index (χ1v) is 5.88. The maximum Gasteiger partial charge on any atom is 0.120 e. The summed E-state index contributed by atoms with van der Waals surface area (Å²) in [5.74, 6) is 4.82. The summed E-state index contributed by atoms with van der Waals surface area (Å²) in [6, 6.07) is 0. The van der Waals surface area contributed by atoms with Crippen molar-refractivity contribution in [2.75, 3.05) is 5.88 Å². The van der Waals surface area contributed by atoms with Crippen LogP contribution in [0.1, 0.15) is 26.2 Å². The topological polar surface area (TPSA) is 20.2 Å². The van der Waals surface area contributed by atoms with Gasteiger partial charge in [0.25, 0.3) is 0 Å². The predicted molar refractivity (Wildman–Crippen MR) is 58.0 cm³/mol. The van der Waals surface area contributed by atoms with E-state index in [2.05, 4.69) is 12.8 Å². The van der Waals surface area contributed by atoms with Gasteiger partial charge in [-0.15, -0.1) is 18.0 Å². The molecular formula is C12H17ClO. The van der Waals surface area contributed by atoms with Gasteiger partial charge in [0.2, 0.25) is 0 Å². The van der Waals surface area contributed by atoms with Crippen LogP contribution in [0.3, 0.4) is 0 Å².